The molecule has 4 nitrogen and oxygen atoms in total. The zero-order chi connectivity index (χ0) is 16.0. The quantitative estimate of drug-likeness (QED) is 0.874. The number of carbonyl (C=O) groups excluding carboxylic acids is 2. The zero-order valence-electron chi connectivity index (χ0n) is 13.1. The van der Waals surface area contributed by atoms with E-state index in [4.69, 9.17) is 11.6 Å². The average Bonchev–Trinajstić information content (AvgIpc) is 2.37. The fourth-order valence-corrected chi connectivity index (χ4v) is 2.12. The third kappa shape index (κ3) is 6.17. The fourth-order valence-electron chi connectivity index (χ4n) is 1.89. The van der Waals surface area contributed by atoms with Crippen LogP contribution in [-0.2, 0) is 9.59 Å². The molecule has 0 heterocycles. The molecule has 21 heavy (non-hydrogen) atoms. The molecule has 0 saturated carbocycles. The van der Waals surface area contributed by atoms with Crippen LogP contribution in [0.15, 0.2) is 18.2 Å². The largest absolute Gasteiger partial charge is 0.334 e. The molecule has 0 aliphatic carbocycles. The molecule has 0 aromatic heterocycles. The lowest BCUT2D eigenvalue weighted by Crippen LogP contribution is -2.37. The van der Waals surface area contributed by atoms with Crippen molar-refractivity contribution in [3.8, 4) is 0 Å². The van der Waals surface area contributed by atoms with Gasteiger partial charge in [0.05, 0.1) is 6.54 Å². The number of benzene rings is 1. The molecular weight excluding hydrogens is 288 g/mol. The van der Waals surface area contributed by atoms with Crippen LogP contribution in [0.4, 0.5) is 5.69 Å². The van der Waals surface area contributed by atoms with E-state index in [0.717, 1.165) is 17.7 Å². The lowest BCUT2D eigenvalue weighted by Gasteiger charge is -2.21. The Kier molecular flexibility index (Phi) is 6.69. The van der Waals surface area contributed by atoms with Crippen molar-refractivity contribution in [3.63, 3.8) is 0 Å². The highest BCUT2D eigenvalue weighted by Crippen LogP contribution is 2.19. The minimum absolute atomic E-state index is 0.0735. The number of rotatable bonds is 6. The molecule has 1 aromatic rings. The molecule has 0 unspecified atom stereocenters. The molecule has 1 N–H and O–H groups in total. The molecule has 0 atom stereocenters. The van der Waals surface area contributed by atoms with Gasteiger partial charge in [0.25, 0.3) is 0 Å². The molecule has 0 bridgehead atoms. The van der Waals surface area contributed by atoms with E-state index >= 15 is 0 Å². The second kappa shape index (κ2) is 8.03. The topological polar surface area (TPSA) is 49.4 Å². The number of carbonyl (C=O) groups is 2. The van der Waals surface area contributed by atoms with Gasteiger partial charge in [-0.25, -0.2) is 0 Å². The molecule has 116 valence electrons. The molecule has 0 fully saturated rings. The zero-order valence-corrected chi connectivity index (χ0v) is 13.8. The van der Waals surface area contributed by atoms with Gasteiger partial charge in [-0.15, -0.1) is 0 Å². The Balaban J connectivity index is 2.63. The average molecular weight is 311 g/mol. The minimum atomic E-state index is -0.195. The van der Waals surface area contributed by atoms with Crippen molar-refractivity contribution in [2.45, 2.75) is 34.1 Å². The SMILES string of the molecule is CC(=O)N(CCC(C)C)CC(=O)Nc1ccc(Cl)cc1C. The molecule has 2 amide bonds. The molecular formula is C16H23ClN2O2. The number of anilines is 1. The van der Waals surface area contributed by atoms with Gasteiger partial charge in [0.2, 0.25) is 11.8 Å². The summed E-state index contributed by atoms with van der Waals surface area (Å²) in [6.45, 7) is 8.22. The van der Waals surface area contributed by atoms with Crippen LogP contribution < -0.4 is 5.32 Å². The predicted molar refractivity (Wildman–Crippen MR) is 86.5 cm³/mol. The highest BCUT2D eigenvalue weighted by atomic mass is 35.5. The summed E-state index contributed by atoms with van der Waals surface area (Å²) in [5.41, 5.74) is 1.61. The number of nitrogens with one attached hydrogen (secondary N) is 1. The molecule has 5 heteroatoms. The number of aryl methyl sites for hydroxylation is 1. The molecule has 1 aromatic carbocycles. The number of hydrogen-bond acceptors (Lipinski definition) is 2. The Morgan fingerprint density at radius 3 is 2.52 bits per heavy atom. The van der Waals surface area contributed by atoms with Gasteiger partial charge in [-0.3, -0.25) is 9.59 Å². The van der Waals surface area contributed by atoms with Crippen molar-refractivity contribution < 1.29 is 9.59 Å². The van der Waals surface area contributed by atoms with Gasteiger partial charge in [-0.05, 0) is 43.0 Å². The summed E-state index contributed by atoms with van der Waals surface area (Å²) in [5.74, 6) is 0.214. The fraction of sp³-hybridized carbons (Fsp3) is 0.500. The second-order valence-corrected chi connectivity index (χ2v) is 6.07. The first kappa shape index (κ1) is 17.5. The number of nitrogens with zero attached hydrogens (tertiary/aromatic N) is 1. The van der Waals surface area contributed by atoms with Crippen LogP contribution in [0.2, 0.25) is 5.02 Å². The number of hydrogen-bond donors (Lipinski definition) is 1. The summed E-state index contributed by atoms with van der Waals surface area (Å²) in [5, 5.41) is 3.45. The van der Waals surface area contributed by atoms with Crippen molar-refractivity contribution >= 4 is 29.1 Å². The van der Waals surface area contributed by atoms with Gasteiger partial charge in [0, 0.05) is 24.2 Å². The summed E-state index contributed by atoms with van der Waals surface area (Å²) >= 11 is 5.88. The minimum Gasteiger partial charge on any atom is -0.334 e. The van der Waals surface area contributed by atoms with Crippen molar-refractivity contribution in [3.05, 3.63) is 28.8 Å². The van der Waals surface area contributed by atoms with E-state index in [1.165, 1.54) is 6.92 Å². The standard InChI is InChI=1S/C16H23ClN2O2/c1-11(2)7-8-19(13(4)20)10-16(21)18-15-6-5-14(17)9-12(15)3/h5-6,9,11H,7-8,10H2,1-4H3,(H,18,21). The van der Waals surface area contributed by atoms with Crippen LogP contribution in [0.25, 0.3) is 0 Å². The third-order valence-corrected chi connectivity index (χ3v) is 3.45. The van der Waals surface area contributed by atoms with E-state index in [9.17, 15) is 9.59 Å². The Morgan fingerprint density at radius 1 is 1.33 bits per heavy atom. The van der Waals surface area contributed by atoms with Crippen molar-refractivity contribution in [1.29, 1.82) is 0 Å². The lowest BCUT2D eigenvalue weighted by atomic mass is 10.1. The maximum absolute atomic E-state index is 12.1. The first-order chi connectivity index (χ1) is 9.79. The monoisotopic (exact) mass is 310 g/mol. The maximum atomic E-state index is 12.1. The van der Waals surface area contributed by atoms with Crippen molar-refractivity contribution in [1.82, 2.24) is 4.90 Å². The van der Waals surface area contributed by atoms with Crippen LogP contribution >= 0.6 is 11.6 Å². The van der Waals surface area contributed by atoms with Gasteiger partial charge >= 0.3 is 0 Å². The molecule has 0 aliphatic heterocycles. The van der Waals surface area contributed by atoms with Crippen molar-refractivity contribution in [2.75, 3.05) is 18.4 Å². The smallest absolute Gasteiger partial charge is 0.244 e. The van der Waals surface area contributed by atoms with Crippen LogP contribution in [-0.4, -0.2) is 29.8 Å². The first-order valence-corrected chi connectivity index (χ1v) is 7.49. The Bertz CT molecular complexity index is 515. The Labute approximate surface area is 131 Å². The van der Waals surface area contributed by atoms with Gasteiger partial charge in [-0.1, -0.05) is 25.4 Å². The van der Waals surface area contributed by atoms with E-state index in [-0.39, 0.29) is 18.4 Å². The van der Waals surface area contributed by atoms with Gasteiger partial charge < -0.3 is 10.2 Å². The van der Waals surface area contributed by atoms with E-state index in [0.29, 0.717) is 17.5 Å². The molecule has 0 radical (unpaired) electrons. The van der Waals surface area contributed by atoms with E-state index in [1.807, 2.05) is 6.92 Å². The molecule has 0 spiro atoms. The van der Waals surface area contributed by atoms with Crippen LogP contribution in [0, 0.1) is 12.8 Å². The van der Waals surface area contributed by atoms with Crippen LogP contribution in [0.5, 0.6) is 0 Å². The molecule has 0 saturated heterocycles. The summed E-state index contributed by atoms with van der Waals surface area (Å²) < 4.78 is 0. The number of halogens is 1. The van der Waals surface area contributed by atoms with Crippen LogP contribution in [0.3, 0.4) is 0 Å². The van der Waals surface area contributed by atoms with Gasteiger partial charge in [0.1, 0.15) is 0 Å². The highest BCUT2D eigenvalue weighted by Gasteiger charge is 2.14. The third-order valence-electron chi connectivity index (χ3n) is 3.22. The van der Waals surface area contributed by atoms with Crippen molar-refractivity contribution in [2.24, 2.45) is 5.92 Å². The van der Waals surface area contributed by atoms with E-state index in [2.05, 4.69) is 19.2 Å². The maximum Gasteiger partial charge on any atom is 0.244 e. The molecule has 1 rings (SSSR count). The summed E-state index contributed by atoms with van der Waals surface area (Å²) in [6, 6.07) is 5.28. The Morgan fingerprint density at radius 2 is 2.00 bits per heavy atom. The van der Waals surface area contributed by atoms with E-state index in [1.54, 1.807) is 23.1 Å². The Hall–Kier alpha value is -1.55. The molecule has 0 aliphatic rings. The van der Waals surface area contributed by atoms with Crippen LogP contribution in [0.1, 0.15) is 32.8 Å². The predicted octanol–water partition coefficient (Wildman–Crippen LogP) is 3.48. The van der Waals surface area contributed by atoms with E-state index < -0.39 is 0 Å². The first-order valence-electron chi connectivity index (χ1n) is 7.11. The highest BCUT2D eigenvalue weighted by molar-refractivity contribution is 6.30. The summed E-state index contributed by atoms with van der Waals surface area (Å²) in [4.78, 5) is 25.2. The van der Waals surface area contributed by atoms with Gasteiger partial charge in [-0.2, -0.15) is 0 Å². The summed E-state index contributed by atoms with van der Waals surface area (Å²) in [6.07, 6.45) is 0.882. The number of amides is 2. The lowest BCUT2D eigenvalue weighted by molar-refractivity contribution is -0.132. The van der Waals surface area contributed by atoms with Gasteiger partial charge in [0.15, 0.2) is 0 Å². The summed E-state index contributed by atoms with van der Waals surface area (Å²) in [7, 11) is 0. The normalized spacial score (nSPS) is 10.6. The second-order valence-electron chi connectivity index (χ2n) is 5.63.